The van der Waals surface area contributed by atoms with Gasteiger partial charge in [0.2, 0.25) is 17.7 Å². The van der Waals surface area contributed by atoms with E-state index in [-0.39, 0.29) is 5.91 Å². The summed E-state index contributed by atoms with van der Waals surface area (Å²) >= 11 is 0. The number of benzene rings is 2. The first kappa shape index (κ1) is 19.2. The molecule has 0 aliphatic heterocycles. The molecule has 136 valence electrons. The SMILES string of the molecule is CC(=O)N[C@H](Cc1ccccc1)C(=O)N[C@@H](Cc1ccccc1)C(N)=O. The van der Waals surface area contributed by atoms with Gasteiger partial charge in [-0.3, -0.25) is 14.4 Å². The minimum atomic E-state index is -0.850. The molecular formula is C20H23N3O3. The van der Waals surface area contributed by atoms with E-state index >= 15 is 0 Å². The van der Waals surface area contributed by atoms with Crippen LogP contribution in [0.1, 0.15) is 18.1 Å². The first-order valence-corrected chi connectivity index (χ1v) is 8.40. The number of amides is 3. The minimum Gasteiger partial charge on any atom is -0.368 e. The van der Waals surface area contributed by atoms with Crippen molar-refractivity contribution in [2.45, 2.75) is 31.8 Å². The molecule has 0 aliphatic carbocycles. The number of nitrogens with one attached hydrogen (secondary N) is 2. The lowest BCUT2D eigenvalue weighted by molar-refractivity contribution is -0.130. The predicted octanol–water partition coefficient (Wildman–Crippen LogP) is 0.947. The Morgan fingerprint density at radius 3 is 1.69 bits per heavy atom. The van der Waals surface area contributed by atoms with Crippen molar-refractivity contribution >= 4 is 17.7 Å². The van der Waals surface area contributed by atoms with Crippen molar-refractivity contribution in [3.8, 4) is 0 Å². The number of primary amides is 1. The quantitative estimate of drug-likeness (QED) is 0.658. The maximum absolute atomic E-state index is 12.7. The monoisotopic (exact) mass is 353 g/mol. The van der Waals surface area contributed by atoms with Crippen LogP contribution in [0.5, 0.6) is 0 Å². The Balaban J connectivity index is 2.09. The second-order valence-electron chi connectivity index (χ2n) is 6.10. The molecule has 6 heteroatoms. The summed E-state index contributed by atoms with van der Waals surface area (Å²) in [5, 5.41) is 5.30. The number of carbonyl (C=O) groups is 3. The first-order valence-electron chi connectivity index (χ1n) is 8.40. The van der Waals surface area contributed by atoms with Crippen LogP contribution in [0.2, 0.25) is 0 Å². The third-order valence-electron chi connectivity index (χ3n) is 3.92. The fourth-order valence-corrected chi connectivity index (χ4v) is 2.65. The Labute approximate surface area is 152 Å². The predicted molar refractivity (Wildman–Crippen MR) is 99.0 cm³/mol. The van der Waals surface area contributed by atoms with E-state index in [4.69, 9.17) is 5.73 Å². The van der Waals surface area contributed by atoms with Crippen LogP contribution < -0.4 is 16.4 Å². The zero-order chi connectivity index (χ0) is 18.9. The van der Waals surface area contributed by atoms with Crippen molar-refractivity contribution in [3.05, 3.63) is 71.8 Å². The van der Waals surface area contributed by atoms with E-state index in [1.165, 1.54) is 6.92 Å². The van der Waals surface area contributed by atoms with Gasteiger partial charge in [0.05, 0.1) is 0 Å². The lowest BCUT2D eigenvalue weighted by Crippen LogP contribution is -2.54. The molecule has 6 nitrogen and oxygen atoms in total. The van der Waals surface area contributed by atoms with Gasteiger partial charge in [0.15, 0.2) is 0 Å². The summed E-state index contributed by atoms with van der Waals surface area (Å²) in [6.45, 7) is 1.35. The highest BCUT2D eigenvalue weighted by Crippen LogP contribution is 2.06. The smallest absolute Gasteiger partial charge is 0.243 e. The molecule has 2 aromatic carbocycles. The Hall–Kier alpha value is -3.15. The van der Waals surface area contributed by atoms with Crippen LogP contribution in [0.4, 0.5) is 0 Å². The highest BCUT2D eigenvalue weighted by atomic mass is 16.2. The average Bonchev–Trinajstić information content (AvgIpc) is 2.62. The molecule has 4 N–H and O–H groups in total. The fourth-order valence-electron chi connectivity index (χ4n) is 2.65. The topological polar surface area (TPSA) is 101 Å². The molecule has 0 heterocycles. The molecule has 26 heavy (non-hydrogen) atoms. The third kappa shape index (κ3) is 6.05. The Morgan fingerprint density at radius 2 is 1.27 bits per heavy atom. The van der Waals surface area contributed by atoms with E-state index in [9.17, 15) is 14.4 Å². The zero-order valence-corrected chi connectivity index (χ0v) is 14.6. The van der Waals surface area contributed by atoms with Gasteiger partial charge in [0.1, 0.15) is 12.1 Å². The molecule has 0 saturated heterocycles. The van der Waals surface area contributed by atoms with Crippen LogP contribution >= 0.6 is 0 Å². The maximum Gasteiger partial charge on any atom is 0.243 e. The van der Waals surface area contributed by atoms with E-state index < -0.39 is 23.9 Å². The molecular weight excluding hydrogens is 330 g/mol. The molecule has 3 amide bonds. The lowest BCUT2D eigenvalue weighted by Gasteiger charge is -2.21. The van der Waals surface area contributed by atoms with Gasteiger partial charge in [0, 0.05) is 19.8 Å². The van der Waals surface area contributed by atoms with Gasteiger partial charge >= 0.3 is 0 Å². The average molecular weight is 353 g/mol. The molecule has 0 fully saturated rings. The number of hydrogen-bond acceptors (Lipinski definition) is 3. The summed E-state index contributed by atoms with van der Waals surface area (Å²) in [4.78, 5) is 35.9. The van der Waals surface area contributed by atoms with Gasteiger partial charge in [-0.2, -0.15) is 0 Å². The number of hydrogen-bond donors (Lipinski definition) is 3. The molecule has 0 aliphatic rings. The summed E-state index contributed by atoms with van der Waals surface area (Å²) < 4.78 is 0. The first-order chi connectivity index (χ1) is 12.5. The van der Waals surface area contributed by atoms with Crippen LogP contribution in [0.3, 0.4) is 0 Å². The van der Waals surface area contributed by atoms with Crippen LogP contribution in [0.25, 0.3) is 0 Å². The Morgan fingerprint density at radius 1 is 0.808 bits per heavy atom. The normalized spacial score (nSPS) is 12.7. The van der Waals surface area contributed by atoms with Crippen LogP contribution in [-0.2, 0) is 27.2 Å². The lowest BCUT2D eigenvalue weighted by atomic mass is 10.0. The van der Waals surface area contributed by atoms with Crippen molar-refractivity contribution in [1.29, 1.82) is 0 Å². The number of nitrogens with two attached hydrogens (primary N) is 1. The second-order valence-corrected chi connectivity index (χ2v) is 6.10. The van der Waals surface area contributed by atoms with E-state index in [1.54, 1.807) is 0 Å². The van der Waals surface area contributed by atoms with Crippen molar-refractivity contribution in [3.63, 3.8) is 0 Å². The Kier molecular flexibility index (Phi) is 6.91. The van der Waals surface area contributed by atoms with Crippen LogP contribution in [0, 0.1) is 0 Å². The van der Waals surface area contributed by atoms with Gasteiger partial charge in [0.25, 0.3) is 0 Å². The van der Waals surface area contributed by atoms with Gasteiger partial charge in [-0.15, -0.1) is 0 Å². The summed E-state index contributed by atoms with van der Waals surface area (Å²) in [5.74, 6) is -1.38. The molecule has 0 bridgehead atoms. The number of carbonyl (C=O) groups excluding carboxylic acids is 3. The minimum absolute atomic E-state index is 0.292. The molecule has 0 unspecified atom stereocenters. The van der Waals surface area contributed by atoms with Gasteiger partial charge in [-0.1, -0.05) is 60.7 Å². The third-order valence-corrected chi connectivity index (χ3v) is 3.92. The zero-order valence-electron chi connectivity index (χ0n) is 14.6. The van der Waals surface area contributed by atoms with Crippen molar-refractivity contribution in [1.82, 2.24) is 10.6 Å². The van der Waals surface area contributed by atoms with Crippen LogP contribution in [0.15, 0.2) is 60.7 Å². The molecule has 0 radical (unpaired) electrons. The maximum atomic E-state index is 12.7. The summed E-state index contributed by atoms with van der Waals surface area (Å²) in [5.41, 5.74) is 7.23. The van der Waals surface area contributed by atoms with Gasteiger partial charge < -0.3 is 16.4 Å². The van der Waals surface area contributed by atoms with Crippen molar-refractivity contribution in [2.24, 2.45) is 5.73 Å². The summed E-state index contributed by atoms with van der Waals surface area (Å²) in [6.07, 6.45) is 0.614. The molecule has 2 aromatic rings. The highest BCUT2D eigenvalue weighted by molar-refractivity contribution is 5.91. The van der Waals surface area contributed by atoms with Crippen molar-refractivity contribution in [2.75, 3.05) is 0 Å². The number of rotatable bonds is 8. The van der Waals surface area contributed by atoms with Gasteiger partial charge in [-0.05, 0) is 11.1 Å². The van der Waals surface area contributed by atoms with E-state index in [0.717, 1.165) is 11.1 Å². The standard InChI is InChI=1S/C20H23N3O3/c1-14(24)22-18(13-16-10-6-3-7-11-16)20(26)23-17(19(21)25)12-15-8-4-2-5-9-15/h2-11,17-18H,12-13H2,1H3,(H2,21,25)(H,22,24)(H,23,26)/t17-,18+/m0/s1. The van der Waals surface area contributed by atoms with E-state index in [0.29, 0.717) is 12.8 Å². The van der Waals surface area contributed by atoms with Crippen LogP contribution in [-0.4, -0.2) is 29.8 Å². The summed E-state index contributed by atoms with van der Waals surface area (Å²) in [7, 11) is 0. The highest BCUT2D eigenvalue weighted by Gasteiger charge is 2.25. The second kappa shape index (κ2) is 9.36. The van der Waals surface area contributed by atoms with E-state index in [2.05, 4.69) is 10.6 Å². The fraction of sp³-hybridized carbons (Fsp3) is 0.250. The summed E-state index contributed by atoms with van der Waals surface area (Å²) in [6, 6.07) is 17.0. The molecule has 2 atom stereocenters. The molecule has 2 rings (SSSR count). The van der Waals surface area contributed by atoms with E-state index in [1.807, 2.05) is 60.7 Å². The van der Waals surface area contributed by atoms with Gasteiger partial charge in [-0.25, -0.2) is 0 Å². The van der Waals surface area contributed by atoms with Crippen molar-refractivity contribution < 1.29 is 14.4 Å². The largest absolute Gasteiger partial charge is 0.368 e. The molecule has 0 saturated carbocycles. The molecule has 0 spiro atoms. The molecule has 0 aromatic heterocycles. The Bertz CT molecular complexity index is 747.